The molecule has 7 nitrogen and oxygen atoms in total. The number of piperidine rings is 1. The number of thiophene rings is 1. The maximum atomic E-state index is 13.0. The summed E-state index contributed by atoms with van der Waals surface area (Å²) < 4.78 is 11.6. The van der Waals surface area contributed by atoms with Crippen LogP contribution in [0, 0.1) is 0 Å². The number of hydrogen-bond donors (Lipinski definition) is 0. The molecule has 1 aliphatic heterocycles. The van der Waals surface area contributed by atoms with Gasteiger partial charge < -0.3 is 13.7 Å². The minimum Gasteiger partial charge on any atom is -0.451 e. The van der Waals surface area contributed by atoms with Crippen molar-refractivity contribution in [3.05, 3.63) is 69.7 Å². The second-order valence-corrected chi connectivity index (χ2v) is 7.93. The van der Waals surface area contributed by atoms with Gasteiger partial charge in [0.1, 0.15) is 5.58 Å². The van der Waals surface area contributed by atoms with E-state index in [1.54, 1.807) is 29.2 Å². The molecule has 4 aromatic rings. The standard InChI is InChI=1S/C21H17N3O4S/c25-15-11-17(27-16-7-2-1-6-14(15)16)21(26)24-9-3-5-13(12-24)19-22-23-20(28-19)18-8-4-10-29-18/h1-2,4,6-8,10-11,13H,3,5,9,12H2. The first kappa shape index (κ1) is 17.8. The first-order valence-electron chi connectivity index (χ1n) is 9.38. The lowest BCUT2D eigenvalue weighted by atomic mass is 9.98. The number of fused-ring (bicyclic) bond motifs is 1. The second kappa shape index (κ2) is 7.29. The highest BCUT2D eigenvalue weighted by Gasteiger charge is 2.30. The van der Waals surface area contributed by atoms with E-state index in [2.05, 4.69) is 10.2 Å². The molecular weight excluding hydrogens is 390 g/mol. The summed E-state index contributed by atoms with van der Waals surface area (Å²) in [7, 11) is 0. The Labute approximate surface area is 169 Å². The Morgan fingerprint density at radius 1 is 1.14 bits per heavy atom. The number of rotatable bonds is 3. The van der Waals surface area contributed by atoms with Crippen molar-refractivity contribution in [2.75, 3.05) is 13.1 Å². The molecule has 146 valence electrons. The lowest BCUT2D eigenvalue weighted by Crippen LogP contribution is -2.39. The number of amides is 1. The van der Waals surface area contributed by atoms with E-state index >= 15 is 0 Å². The molecular formula is C21H17N3O4S. The van der Waals surface area contributed by atoms with Crippen molar-refractivity contribution in [1.29, 1.82) is 0 Å². The van der Waals surface area contributed by atoms with Crippen LogP contribution >= 0.6 is 11.3 Å². The Morgan fingerprint density at radius 2 is 2.03 bits per heavy atom. The fraction of sp³-hybridized carbons (Fsp3) is 0.238. The van der Waals surface area contributed by atoms with Crippen LogP contribution in [0.5, 0.6) is 0 Å². The Bertz CT molecular complexity index is 1230. The van der Waals surface area contributed by atoms with Gasteiger partial charge in [-0.1, -0.05) is 18.2 Å². The number of benzene rings is 1. The molecule has 1 amide bonds. The number of hydrogen-bond acceptors (Lipinski definition) is 7. The zero-order valence-corrected chi connectivity index (χ0v) is 16.2. The van der Waals surface area contributed by atoms with E-state index in [0.29, 0.717) is 35.8 Å². The van der Waals surface area contributed by atoms with Gasteiger partial charge in [0.05, 0.1) is 16.2 Å². The normalized spacial score (nSPS) is 17.0. The van der Waals surface area contributed by atoms with E-state index in [0.717, 1.165) is 17.7 Å². The number of para-hydroxylation sites is 1. The molecule has 1 saturated heterocycles. The van der Waals surface area contributed by atoms with E-state index in [1.165, 1.54) is 17.4 Å². The highest BCUT2D eigenvalue weighted by atomic mass is 32.1. The Morgan fingerprint density at radius 3 is 2.90 bits per heavy atom. The maximum absolute atomic E-state index is 13.0. The number of nitrogens with zero attached hydrogens (tertiary/aromatic N) is 3. The molecule has 1 fully saturated rings. The monoisotopic (exact) mass is 407 g/mol. The van der Waals surface area contributed by atoms with E-state index in [1.807, 2.05) is 17.5 Å². The van der Waals surface area contributed by atoms with Crippen molar-refractivity contribution in [2.24, 2.45) is 0 Å². The third kappa shape index (κ3) is 3.36. The summed E-state index contributed by atoms with van der Waals surface area (Å²) in [4.78, 5) is 27.9. The summed E-state index contributed by atoms with van der Waals surface area (Å²) in [5.74, 6) is 0.751. The summed E-state index contributed by atoms with van der Waals surface area (Å²) in [5.41, 5.74) is 0.190. The maximum Gasteiger partial charge on any atom is 0.289 e. The predicted octanol–water partition coefficient (Wildman–Crippen LogP) is 3.92. The van der Waals surface area contributed by atoms with Crippen LogP contribution < -0.4 is 5.43 Å². The van der Waals surface area contributed by atoms with Crippen molar-refractivity contribution >= 4 is 28.2 Å². The smallest absolute Gasteiger partial charge is 0.289 e. The molecule has 1 unspecified atom stereocenters. The van der Waals surface area contributed by atoms with Crippen molar-refractivity contribution in [2.45, 2.75) is 18.8 Å². The third-order valence-corrected chi connectivity index (χ3v) is 5.93. The van der Waals surface area contributed by atoms with Gasteiger partial charge in [-0.3, -0.25) is 9.59 Å². The van der Waals surface area contributed by atoms with Crippen LogP contribution in [0.4, 0.5) is 0 Å². The molecule has 1 aromatic carbocycles. The van der Waals surface area contributed by atoms with Crippen LogP contribution in [0.1, 0.15) is 35.2 Å². The zero-order chi connectivity index (χ0) is 19.8. The summed E-state index contributed by atoms with van der Waals surface area (Å²) in [6.45, 7) is 1.04. The van der Waals surface area contributed by atoms with Crippen molar-refractivity contribution < 1.29 is 13.6 Å². The lowest BCUT2D eigenvalue weighted by Gasteiger charge is -2.30. The van der Waals surface area contributed by atoms with E-state index in [-0.39, 0.29) is 23.0 Å². The van der Waals surface area contributed by atoms with Gasteiger partial charge in [0, 0.05) is 19.2 Å². The van der Waals surface area contributed by atoms with Gasteiger partial charge in [-0.15, -0.1) is 21.5 Å². The minimum absolute atomic E-state index is 0.0407. The quantitative estimate of drug-likeness (QED) is 0.511. The van der Waals surface area contributed by atoms with E-state index < -0.39 is 0 Å². The van der Waals surface area contributed by atoms with Gasteiger partial charge >= 0.3 is 0 Å². The molecule has 1 aliphatic rings. The van der Waals surface area contributed by atoms with Crippen LogP contribution in [-0.4, -0.2) is 34.1 Å². The molecule has 4 heterocycles. The average Bonchev–Trinajstić information content (AvgIpc) is 3.45. The molecule has 8 heteroatoms. The molecule has 0 bridgehead atoms. The SMILES string of the molecule is O=C(c1cc(=O)c2ccccc2o1)N1CCCC(c2nnc(-c3cccs3)o2)C1. The van der Waals surface area contributed by atoms with Gasteiger partial charge in [0.25, 0.3) is 11.8 Å². The number of likely N-dealkylation sites (tertiary alicyclic amines) is 1. The first-order chi connectivity index (χ1) is 14.2. The molecule has 3 aromatic heterocycles. The summed E-state index contributed by atoms with van der Waals surface area (Å²) >= 11 is 1.54. The van der Waals surface area contributed by atoms with Crippen molar-refractivity contribution in [3.8, 4) is 10.8 Å². The summed E-state index contributed by atoms with van der Waals surface area (Å²) in [6, 6.07) is 12.1. The Hall–Kier alpha value is -3.26. The van der Waals surface area contributed by atoms with Gasteiger partial charge in [-0.25, -0.2) is 0 Å². The third-order valence-electron chi connectivity index (χ3n) is 5.08. The molecule has 0 spiro atoms. The van der Waals surface area contributed by atoms with Gasteiger partial charge in [0.2, 0.25) is 5.89 Å². The van der Waals surface area contributed by atoms with Gasteiger partial charge in [-0.2, -0.15) is 0 Å². The van der Waals surface area contributed by atoms with Crippen LogP contribution in [0.3, 0.4) is 0 Å². The molecule has 29 heavy (non-hydrogen) atoms. The highest BCUT2D eigenvalue weighted by Crippen LogP contribution is 2.30. The van der Waals surface area contributed by atoms with E-state index in [4.69, 9.17) is 8.83 Å². The van der Waals surface area contributed by atoms with Crippen LogP contribution in [0.2, 0.25) is 0 Å². The Kier molecular flexibility index (Phi) is 4.48. The predicted molar refractivity (Wildman–Crippen MR) is 108 cm³/mol. The van der Waals surface area contributed by atoms with Gasteiger partial charge in [-0.05, 0) is 36.4 Å². The van der Waals surface area contributed by atoms with Crippen LogP contribution in [0.25, 0.3) is 21.7 Å². The lowest BCUT2D eigenvalue weighted by molar-refractivity contribution is 0.0667. The van der Waals surface area contributed by atoms with Crippen LogP contribution in [-0.2, 0) is 0 Å². The summed E-state index contributed by atoms with van der Waals surface area (Å²) in [6.07, 6.45) is 1.67. The molecule has 0 N–H and O–H groups in total. The van der Waals surface area contributed by atoms with Crippen molar-refractivity contribution in [1.82, 2.24) is 15.1 Å². The van der Waals surface area contributed by atoms with Crippen molar-refractivity contribution in [3.63, 3.8) is 0 Å². The molecule has 5 rings (SSSR count). The minimum atomic E-state index is -0.296. The Balaban J connectivity index is 1.38. The topological polar surface area (TPSA) is 89.4 Å². The number of carbonyl (C=O) groups excluding carboxylic acids is 1. The van der Waals surface area contributed by atoms with Crippen LogP contribution in [0.15, 0.2) is 61.5 Å². The molecule has 0 aliphatic carbocycles. The molecule has 1 atom stereocenters. The fourth-order valence-electron chi connectivity index (χ4n) is 3.63. The van der Waals surface area contributed by atoms with Gasteiger partial charge in [0.15, 0.2) is 11.2 Å². The average molecular weight is 407 g/mol. The fourth-order valence-corrected chi connectivity index (χ4v) is 4.27. The second-order valence-electron chi connectivity index (χ2n) is 6.98. The summed E-state index contributed by atoms with van der Waals surface area (Å²) in [5, 5.41) is 10.8. The molecule has 0 radical (unpaired) electrons. The number of aromatic nitrogens is 2. The number of carbonyl (C=O) groups is 1. The largest absolute Gasteiger partial charge is 0.451 e. The van der Waals surface area contributed by atoms with E-state index in [9.17, 15) is 9.59 Å². The molecule has 0 saturated carbocycles. The first-order valence-corrected chi connectivity index (χ1v) is 10.3. The highest BCUT2D eigenvalue weighted by molar-refractivity contribution is 7.13. The zero-order valence-electron chi connectivity index (χ0n) is 15.4.